The molecule has 1 N–H and O–H groups in total. The van der Waals surface area contributed by atoms with Gasteiger partial charge in [-0.15, -0.1) is 0 Å². The first kappa shape index (κ1) is 20.4. The van der Waals surface area contributed by atoms with Crippen LogP contribution in [0.25, 0.3) is 0 Å². The van der Waals surface area contributed by atoms with Gasteiger partial charge in [-0.25, -0.2) is 4.98 Å². The van der Waals surface area contributed by atoms with Crippen LogP contribution in [-0.2, 0) is 0 Å². The first-order valence-electron chi connectivity index (χ1n) is 9.07. The summed E-state index contributed by atoms with van der Waals surface area (Å²) in [5, 5.41) is 10.9. The van der Waals surface area contributed by atoms with E-state index < -0.39 is 6.04 Å². The number of anilines is 1. The number of rotatable bonds is 4. The van der Waals surface area contributed by atoms with Crippen LogP contribution in [0, 0.1) is 6.92 Å². The zero-order valence-corrected chi connectivity index (χ0v) is 18.8. The number of carbonyl (C=O) groups excluding carboxylic acids is 1. The molecule has 1 aliphatic rings. The first-order chi connectivity index (χ1) is 13.8. The first-order valence-corrected chi connectivity index (χ1v) is 10.6. The molecule has 4 rings (SSSR count). The Bertz CT molecular complexity index is 1100. The molecule has 2 unspecified atom stereocenters. The lowest BCUT2D eigenvalue weighted by Gasteiger charge is -2.29. The number of imidazole rings is 1. The summed E-state index contributed by atoms with van der Waals surface area (Å²) in [7, 11) is 0. The molecule has 3 aromatic rings. The van der Waals surface area contributed by atoms with Gasteiger partial charge in [-0.2, -0.15) is 0 Å². The Hall–Kier alpha value is -1.86. The van der Waals surface area contributed by atoms with Gasteiger partial charge in [0.15, 0.2) is 10.4 Å². The summed E-state index contributed by atoms with van der Waals surface area (Å²) in [6, 6.07) is 12.2. The third-order valence-electron chi connectivity index (χ3n) is 5.17. The SMILES string of the molecule is Cc1ccc(Cl)cc1N1C(=O)c2nc(Br)n(C(C)CO)c2C1c1ccc(Cl)cc1. The molecule has 1 aromatic heterocycles. The van der Waals surface area contributed by atoms with Crippen molar-refractivity contribution in [2.24, 2.45) is 0 Å². The molecule has 1 amide bonds. The highest BCUT2D eigenvalue weighted by Crippen LogP contribution is 2.45. The van der Waals surface area contributed by atoms with Crippen LogP contribution in [0.4, 0.5) is 5.69 Å². The zero-order chi connectivity index (χ0) is 20.9. The second-order valence-electron chi connectivity index (χ2n) is 7.08. The van der Waals surface area contributed by atoms with Gasteiger partial charge in [0.1, 0.15) is 6.04 Å². The minimum atomic E-state index is -0.431. The summed E-state index contributed by atoms with van der Waals surface area (Å²) in [6.45, 7) is 3.73. The number of hydrogen-bond donors (Lipinski definition) is 1. The molecular formula is C21H18BrCl2N3O2. The fraction of sp³-hybridized carbons (Fsp3) is 0.238. The quantitative estimate of drug-likeness (QED) is 0.516. The standard InChI is InChI=1S/C21H18BrCl2N3O2/c1-11-3-6-15(24)9-16(11)27-18(13-4-7-14(23)8-5-13)19-17(20(27)29)25-21(22)26(19)12(2)10-28/h3-9,12,18,28H,10H2,1-2H3. The van der Waals surface area contributed by atoms with Gasteiger partial charge >= 0.3 is 0 Å². The monoisotopic (exact) mass is 493 g/mol. The summed E-state index contributed by atoms with van der Waals surface area (Å²) in [5.74, 6) is -0.213. The maximum Gasteiger partial charge on any atom is 0.279 e. The Balaban J connectivity index is 1.99. The molecule has 0 bridgehead atoms. The molecule has 8 heteroatoms. The van der Waals surface area contributed by atoms with Gasteiger partial charge in [0.05, 0.1) is 18.3 Å². The average Bonchev–Trinajstić information content (AvgIpc) is 3.17. The van der Waals surface area contributed by atoms with E-state index in [0.717, 1.165) is 22.5 Å². The number of nitrogens with zero attached hydrogens (tertiary/aromatic N) is 3. The average molecular weight is 495 g/mol. The highest BCUT2D eigenvalue weighted by Gasteiger charge is 2.44. The van der Waals surface area contributed by atoms with E-state index in [1.54, 1.807) is 29.2 Å². The van der Waals surface area contributed by atoms with E-state index >= 15 is 0 Å². The van der Waals surface area contributed by atoms with E-state index in [1.165, 1.54) is 0 Å². The molecule has 2 atom stereocenters. The predicted octanol–water partition coefficient (Wildman–Crippen LogP) is 5.56. The molecule has 0 fully saturated rings. The second kappa shape index (κ2) is 7.76. The van der Waals surface area contributed by atoms with Gasteiger partial charge in [0, 0.05) is 15.7 Å². The summed E-state index contributed by atoms with van der Waals surface area (Å²) in [6.07, 6.45) is 0. The Morgan fingerprint density at radius 1 is 1.17 bits per heavy atom. The molecule has 0 radical (unpaired) electrons. The van der Waals surface area contributed by atoms with E-state index in [0.29, 0.717) is 20.5 Å². The van der Waals surface area contributed by atoms with Crippen molar-refractivity contribution in [3.05, 3.63) is 79.8 Å². The molecule has 5 nitrogen and oxygen atoms in total. The van der Waals surface area contributed by atoms with Crippen molar-refractivity contribution in [1.82, 2.24) is 9.55 Å². The molecular weight excluding hydrogens is 477 g/mol. The summed E-state index contributed by atoms with van der Waals surface area (Å²) in [5.41, 5.74) is 3.62. The number of amides is 1. The number of benzene rings is 2. The Kier molecular flexibility index (Phi) is 5.46. The number of aryl methyl sites for hydroxylation is 1. The van der Waals surface area contributed by atoms with Crippen LogP contribution in [0.2, 0.25) is 10.0 Å². The zero-order valence-electron chi connectivity index (χ0n) is 15.7. The van der Waals surface area contributed by atoms with Gasteiger partial charge in [0.25, 0.3) is 5.91 Å². The molecule has 1 aliphatic heterocycles. The van der Waals surface area contributed by atoms with Crippen LogP contribution >= 0.6 is 39.1 Å². The van der Waals surface area contributed by atoms with Crippen LogP contribution in [-0.4, -0.2) is 27.2 Å². The van der Waals surface area contributed by atoms with Crippen LogP contribution in [0.5, 0.6) is 0 Å². The van der Waals surface area contributed by atoms with E-state index in [9.17, 15) is 9.90 Å². The van der Waals surface area contributed by atoms with Crippen molar-refractivity contribution >= 4 is 50.7 Å². The van der Waals surface area contributed by atoms with Crippen LogP contribution in [0.1, 0.15) is 46.3 Å². The molecule has 2 heterocycles. The van der Waals surface area contributed by atoms with E-state index in [1.807, 2.05) is 36.6 Å². The fourth-order valence-corrected chi connectivity index (χ4v) is 4.74. The molecule has 150 valence electrons. The van der Waals surface area contributed by atoms with Crippen LogP contribution < -0.4 is 4.90 Å². The van der Waals surface area contributed by atoms with Crippen molar-refractivity contribution in [1.29, 1.82) is 0 Å². The number of carbonyl (C=O) groups is 1. The smallest absolute Gasteiger partial charge is 0.279 e. The fourth-order valence-electron chi connectivity index (χ4n) is 3.73. The number of hydrogen-bond acceptors (Lipinski definition) is 3. The molecule has 0 spiro atoms. The number of aromatic nitrogens is 2. The summed E-state index contributed by atoms with van der Waals surface area (Å²) >= 11 is 15.8. The van der Waals surface area contributed by atoms with Crippen molar-refractivity contribution in [2.45, 2.75) is 25.9 Å². The van der Waals surface area contributed by atoms with Gasteiger partial charge in [-0.3, -0.25) is 9.69 Å². The minimum absolute atomic E-state index is 0.0842. The molecule has 29 heavy (non-hydrogen) atoms. The second-order valence-corrected chi connectivity index (χ2v) is 8.66. The third kappa shape index (κ3) is 3.38. The van der Waals surface area contributed by atoms with Gasteiger partial charge < -0.3 is 9.67 Å². The van der Waals surface area contributed by atoms with Crippen molar-refractivity contribution in [3.63, 3.8) is 0 Å². The van der Waals surface area contributed by atoms with E-state index in [-0.39, 0.29) is 18.6 Å². The third-order valence-corrected chi connectivity index (χ3v) is 6.21. The van der Waals surface area contributed by atoms with Crippen molar-refractivity contribution in [2.75, 3.05) is 11.5 Å². The largest absolute Gasteiger partial charge is 0.394 e. The van der Waals surface area contributed by atoms with Crippen LogP contribution in [0.15, 0.2) is 47.2 Å². The van der Waals surface area contributed by atoms with E-state index in [2.05, 4.69) is 20.9 Å². The normalized spacial score (nSPS) is 17.0. The number of halogens is 3. The number of aliphatic hydroxyl groups is 1. The molecule has 2 aromatic carbocycles. The Labute approximate surface area is 187 Å². The molecule has 0 saturated heterocycles. The van der Waals surface area contributed by atoms with E-state index in [4.69, 9.17) is 23.2 Å². The highest BCUT2D eigenvalue weighted by molar-refractivity contribution is 9.10. The topological polar surface area (TPSA) is 58.4 Å². The lowest BCUT2D eigenvalue weighted by molar-refractivity contribution is 0.0989. The van der Waals surface area contributed by atoms with Gasteiger partial charge in [0.2, 0.25) is 0 Å². The molecule has 0 aliphatic carbocycles. The predicted molar refractivity (Wildman–Crippen MR) is 118 cm³/mol. The number of aliphatic hydroxyl groups excluding tert-OH is 1. The van der Waals surface area contributed by atoms with Crippen LogP contribution in [0.3, 0.4) is 0 Å². The Morgan fingerprint density at radius 2 is 1.83 bits per heavy atom. The highest BCUT2D eigenvalue weighted by atomic mass is 79.9. The van der Waals surface area contributed by atoms with Crippen molar-refractivity contribution < 1.29 is 9.90 Å². The maximum atomic E-state index is 13.5. The van der Waals surface area contributed by atoms with Gasteiger partial charge in [-0.05, 0) is 65.2 Å². The maximum absolute atomic E-state index is 13.5. The summed E-state index contributed by atoms with van der Waals surface area (Å²) in [4.78, 5) is 19.7. The van der Waals surface area contributed by atoms with Gasteiger partial charge in [-0.1, -0.05) is 41.4 Å². The molecule has 0 saturated carbocycles. The number of fused-ring (bicyclic) bond motifs is 1. The Morgan fingerprint density at radius 3 is 2.48 bits per heavy atom. The summed E-state index contributed by atoms with van der Waals surface area (Å²) < 4.78 is 2.38. The lowest BCUT2D eigenvalue weighted by Crippen LogP contribution is -2.31. The van der Waals surface area contributed by atoms with Crippen molar-refractivity contribution in [3.8, 4) is 0 Å². The lowest BCUT2D eigenvalue weighted by atomic mass is 10.0. The minimum Gasteiger partial charge on any atom is -0.394 e.